The van der Waals surface area contributed by atoms with Gasteiger partial charge in [0.2, 0.25) is 5.13 Å². The number of hydrogen-bond acceptors (Lipinski definition) is 7. The molecule has 152 valence electrons. The molecule has 0 radical (unpaired) electrons. The molecule has 9 heteroatoms. The second kappa shape index (κ2) is 10.1. The van der Waals surface area contributed by atoms with E-state index in [1.165, 1.54) is 30.6 Å². The van der Waals surface area contributed by atoms with Gasteiger partial charge in [0.1, 0.15) is 11.6 Å². The number of benzene rings is 1. The first-order valence-electron chi connectivity index (χ1n) is 8.99. The average molecular weight is 408 g/mol. The first-order valence-corrected chi connectivity index (χ1v) is 9.76. The molecule has 1 aromatic carbocycles. The molecule has 0 fully saturated rings. The van der Waals surface area contributed by atoms with E-state index in [9.17, 15) is 14.0 Å². The Morgan fingerprint density at radius 1 is 1.25 bits per heavy atom. The molecule has 7 nitrogen and oxygen atoms in total. The SMILES string of the molecule is CC(=O)OCC(=O)NCCCc1nsc(NCC(C)(C)c2ccc(F)cc2)n1. The molecule has 0 aliphatic heterocycles. The van der Waals surface area contributed by atoms with Gasteiger partial charge in [-0.3, -0.25) is 9.59 Å². The van der Waals surface area contributed by atoms with E-state index in [-0.39, 0.29) is 23.7 Å². The maximum Gasteiger partial charge on any atom is 0.303 e. The molecular weight excluding hydrogens is 383 g/mol. The van der Waals surface area contributed by atoms with Crippen molar-refractivity contribution in [3.05, 3.63) is 41.5 Å². The Kier molecular flexibility index (Phi) is 7.86. The zero-order valence-electron chi connectivity index (χ0n) is 16.3. The van der Waals surface area contributed by atoms with Gasteiger partial charge in [-0.25, -0.2) is 9.37 Å². The van der Waals surface area contributed by atoms with Crippen molar-refractivity contribution in [2.24, 2.45) is 0 Å². The molecule has 2 rings (SSSR count). The Hall–Kier alpha value is -2.55. The molecule has 0 aliphatic carbocycles. The zero-order chi connectivity index (χ0) is 20.6. The zero-order valence-corrected chi connectivity index (χ0v) is 17.1. The van der Waals surface area contributed by atoms with Crippen LogP contribution in [0.1, 0.15) is 38.6 Å². The van der Waals surface area contributed by atoms with Crippen molar-refractivity contribution in [2.45, 2.75) is 39.0 Å². The lowest BCUT2D eigenvalue weighted by atomic mass is 9.85. The van der Waals surface area contributed by atoms with E-state index in [1.54, 1.807) is 12.1 Å². The summed E-state index contributed by atoms with van der Waals surface area (Å²) in [7, 11) is 0. The van der Waals surface area contributed by atoms with Crippen LogP contribution in [-0.4, -0.2) is 40.9 Å². The molecule has 2 N–H and O–H groups in total. The molecule has 0 bridgehead atoms. The van der Waals surface area contributed by atoms with Gasteiger partial charge < -0.3 is 15.4 Å². The number of amides is 1. The van der Waals surface area contributed by atoms with E-state index in [0.717, 1.165) is 10.7 Å². The number of nitrogens with zero attached hydrogens (tertiary/aromatic N) is 2. The number of carbonyl (C=O) groups is 2. The summed E-state index contributed by atoms with van der Waals surface area (Å²) < 4.78 is 22.0. The normalized spacial score (nSPS) is 11.1. The largest absolute Gasteiger partial charge is 0.456 e. The lowest BCUT2D eigenvalue weighted by molar-refractivity contribution is -0.146. The van der Waals surface area contributed by atoms with Crippen molar-refractivity contribution in [1.82, 2.24) is 14.7 Å². The van der Waals surface area contributed by atoms with Gasteiger partial charge in [-0.2, -0.15) is 4.37 Å². The van der Waals surface area contributed by atoms with Crippen molar-refractivity contribution in [2.75, 3.05) is 25.0 Å². The van der Waals surface area contributed by atoms with Crippen LogP contribution in [0.3, 0.4) is 0 Å². The number of hydrogen-bond donors (Lipinski definition) is 2. The quantitative estimate of drug-likeness (QED) is 0.464. The molecule has 0 saturated carbocycles. The third kappa shape index (κ3) is 7.22. The number of carbonyl (C=O) groups excluding carboxylic acids is 2. The lowest BCUT2D eigenvalue weighted by Crippen LogP contribution is -2.29. The fourth-order valence-electron chi connectivity index (χ4n) is 2.42. The number of esters is 1. The Morgan fingerprint density at radius 2 is 1.96 bits per heavy atom. The van der Waals surface area contributed by atoms with E-state index in [1.807, 2.05) is 0 Å². The maximum absolute atomic E-state index is 13.1. The fourth-order valence-corrected chi connectivity index (χ4v) is 3.03. The first kappa shape index (κ1) is 21.7. The highest BCUT2D eigenvalue weighted by atomic mass is 32.1. The average Bonchev–Trinajstić information content (AvgIpc) is 3.10. The van der Waals surface area contributed by atoms with Gasteiger partial charge in [0.15, 0.2) is 6.61 Å². The smallest absolute Gasteiger partial charge is 0.303 e. The number of anilines is 1. The third-order valence-electron chi connectivity index (χ3n) is 4.08. The molecule has 1 heterocycles. The molecular formula is C19H25FN4O3S. The minimum absolute atomic E-state index is 0.189. The van der Waals surface area contributed by atoms with Crippen molar-refractivity contribution < 1.29 is 18.7 Å². The van der Waals surface area contributed by atoms with Gasteiger partial charge in [0.05, 0.1) is 0 Å². The van der Waals surface area contributed by atoms with Crippen LogP contribution in [0.2, 0.25) is 0 Å². The van der Waals surface area contributed by atoms with Crippen LogP contribution in [-0.2, 0) is 26.2 Å². The standard InChI is InChI=1S/C19H25FN4O3S/c1-13(25)27-11-17(26)21-10-4-5-16-23-18(28-24-16)22-12-19(2,3)14-6-8-15(20)9-7-14/h6-9H,4-5,10-12H2,1-3H3,(H,21,26)(H,22,23,24). The van der Waals surface area contributed by atoms with E-state index in [4.69, 9.17) is 0 Å². The summed E-state index contributed by atoms with van der Waals surface area (Å²) in [4.78, 5) is 26.5. The van der Waals surface area contributed by atoms with Crippen molar-refractivity contribution >= 4 is 28.5 Å². The van der Waals surface area contributed by atoms with Crippen LogP contribution in [0.25, 0.3) is 0 Å². The summed E-state index contributed by atoms with van der Waals surface area (Å²) >= 11 is 1.29. The second-order valence-corrected chi connectivity index (χ2v) is 7.75. The molecule has 1 amide bonds. The van der Waals surface area contributed by atoms with Gasteiger partial charge in [0.25, 0.3) is 5.91 Å². The Bertz CT molecular complexity index is 793. The molecule has 0 unspecified atom stereocenters. The van der Waals surface area contributed by atoms with E-state index >= 15 is 0 Å². The summed E-state index contributed by atoms with van der Waals surface area (Å²) in [5.74, 6) is -0.346. The number of nitrogens with one attached hydrogen (secondary N) is 2. The monoisotopic (exact) mass is 408 g/mol. The highest BCUT2D eigenvalue weighted by molar-refractivity contribution is 7.09. The predicted molar refractivity (Wildman–Crippen MR) is 106 cm³/mol. The first-order chi connectivity index (χ1) is 13.3. The van der Waals surface area contributed by atoms with Crippen LogP contribution in [0.15, 0.2) is 24.3 Å². The molecule has 2 aromatic rings. The topological polar surface area (TPSA) is 93.2 Å². The number of aromatic nitrogens is 2. The fraction of sp³-hybridized carbons (Fsp3) is 0.474. The Morgan fingerprint density at radius 3 is 2.64 bits per heavy atom. The maximum atomic E-state index is 13.1. The third-order valence-corrected chi connectivity index (χ3v) is 4.79. The predicted octanol–water partition coefficient (Wildman–Crippen LogP) is 2.68. The molecule has 0 saturated heterocycles. The van der Waals surface area contributed by atoms with Crippen LogP contribution in [0.5, 0.6) is 0 Å². The van der Waals surface area contributed by atoms with Gasteiger partial charge in [-0.05, 0) is 24.1 Å². The van der Waals surface area contributed by atoms with Gasteiger partial charge in [0, 0.05) is 43.4 Å². The van der Waals surface area contributed by atoms with Crippen LogP contribution in [0.4, 0.5) is 9.52 Å². The molecule has 0 spiro atoms. The summed E-state index contributed by atoms with van der Waals surface area (Å²) in [6, 6.07) is 6.51. The number of aryl methyl sites for hydroxylation is 1. The van der Waals surface area contributed by atoms with E-state index in [0.29, 0.717) is 31.8 Å². The number of ether oxygens (including phenoxy) is 1. The summed E-state index contributed by atoms with van der Waals surface area (Å²) in [5, 5.41) is 6.68. The minimum atomic E-state index is -0.482. The highest BCUT2D eigenvalue weighted by Crippen LogP contribution is 2.24. The van der Waals surface area contributed by atoms with Gasteiger partial charge in [-0.1, -0.05) is 26.0 Å². The van der Waals surface area contributed by atoms with E-state index in [2.05, 4.69) is 38.6 Å². The van der Waals surface area contributed by atoms with E-state index < -0.39 is 5.97 Å². The molecule has 1 aromatic heterocycles. The molecule has 0 aliphatic rings. The van der Waals surface area contributed by atoms with Gasteiger partial charge in [-0.15, -0.1) is 0 Å². The van der Waals surface area contributed by atoms with Crippen LogP contribution < -0.4 is 10.6 Å². The number of rotatable bonds is 10. The summed E-state index contributed by atoms with van der Waals surface area (Å²) in [5.41, 5.74) is 0.849. The second-order valence-electron chi connectivity index (χ2n) is 6.99. The van der Waals surface area contributed by atoms with Crippen molar-refractivity contribution in [3.8, 4) is 0 Å². The van der Waals surface area contributed by atoms with Crippen molar-refractivity contribution in [3.63, 3.8) is 0 Å². The molecule has 28 heavy (non-hydrogen) atoms. The summed E-state index contributed by atoms with van der Waals surface area (Å²) in [6.07, 6.45) is 1.32. The van der Waals surface area contributed by atoms with Crippen LogP contribution in [0, 0.1) is 5.82 Å². The lowest BCUT2D eigenvalue weighted by Gasteiger charge is -2.25. The highest BCUT2D eigenvalue weighted by Gasteiger charge is 2.21. The Balaban J connectivity index is 1.72. The van der Waals surface area contributed by atoms with Crippen LogP contribution >= 0.6 is 11.5 Å². The summed E-state index contributed by atoms with van der Waals surface area (Å²) in [6.45, 7) is 6.25. The molecule has 0 atom stereocenters. The minimum Gasteiger partial charge on any atom is -0.456 e. The number of halogens is 1. The van der Waals surface area contributed by atoms with Crippen molar-refractivity contribution in [1.29, 1.82) is 0 Å². The van der Waals surface area contributed by atoms with Gasteiger partial charge >= 0.3 is 5.97 Å². The Labute approximate surface area is 167 Å².